The largest absolute Gasteiger partial charge is 0.497 e. The van der Waals surface area contributed by atoms with Crippen LogP contribution in [0.1, 0.15) is 0 Å². The van der Waals surface area contributed by atoms with Crippen molar-refractivity contribution < 1.29 is 26.3 Å². The monoisotopic (exact) mass is 450 g/mol. The Hall–Kier alpha value is -2.84. The van der Waals surface area contributed by atoms with Gasteiger partial charge in [0.15, 0.2) is 0 Å². The molecule has 0 aliphatic rings. The van der Waals surface area contributed by atoms with E-state index in [9.17, 15) is 16.8 Å². The molecule has 0 fully saturated rings. The van der Waals surface area contributed by atoms with Crippen LogP contribution in [0.3, 0.4) is 0 Å². The number of sulfonamides is 2. The number of rotatable bonds is 9. The molecule has 10 heteroatoms. The minimum atomic E-state index is -3.73. The summed E-state index contributed by atoms with van der Waals surface area (Å²) in [5, 5.41) is 0. The lowest BCUT2D eigenvalue weighted by Crippen LogP contribution is -2.25. The normalized spacial score (nSPS) is 11.3. The van der Waals surface area contributed by atoms with Gasteiger partial charge in [-0.3, -0.25) is 0 Å². The van der Waals surface area contributed by atoms with Gasteiger partial charge in [-0.25, -0.2) is 21.6 Å². The molecule has 0 saturated carbocycles. The molecule has 0 aromatic heterocycles. The molecule has 0 radical (unpaired) electrons. The molecule has 0 aliphatic heterocycles. The molecule has 2 aromatic carbocycles. The number of nitrogens with one attached hydrogen (secondary N) is 2. The Bertz CT molecular complexity index is 1140. The van der Waals surface area contributed by atoms with E-state index in [0.717, 1.165) is 0 Å². The molecular formula is C20H22N2O6S2. The van der Waals surface area contributed by atoms with E-state index in [4.69, 9.17) is 9.47 Å². The third kappa shape index (κ3) is 6.60. The molecule has 8 nitrogen and oxygen atoms in total. The third-order valence-electron chi connectivity index (χ3n) is 3.83. The first-order chi connectivity index (χ1) is 14.2. The van der Waals surface area contributed by atoms with E-state index in [-0.39, 0.29) is 28.5 Å². The Morgan fingerprint density at radius 2 is 1.27 bits per heavy atom. The van der Waals surface area contributed by atoms with Crippen LogP contribution in [-0.2, 0) is 20.0 Å². The lowest BCUT2D eigenvalue weighted by atomic mass is 10.3. The van der Waals surface area contributed by atoms with E-state index < -0.39 is 20.0 Å². The molecule has 0 atom stereocenters. The zero-order valence-electron chi connectivity index (χ0n) is 16.5. The zero-order chi connectivity index (χ0) is 22.2. The quantitative estimate of drug-likeness (QED) is 0.561. The molecular weight excluding hydrogens is 428 g/mol. The molecule has 160 valence electrons. The first-order valence-corrected chi connectivity index (χ1v) is 11.6. The Kier molecular flexibility index (Phi) is 8.02. The molecule has 2 N–H and O–H groups in total. The van der Waals surface area contributed by atoms with Gasteiger partial charge in [-0.05, 0) is 48.5 Å². The predicted octanol–water partition coefficient (Wildman–Crippen LogP) is 1.52. The highest BCUT2D eigenvalue weighted by Crippen LogP contribution is 2.16. The smallest absolute Gasteiger partial charge is 0.241 e. The number of ether oxygens (including phenoxy) is 2. The summed E-state index contributed by atoms with van der Waals surface area (Å²) in [5.41, 5.74) is 0.288. The van der Waals surface area contributed by atoms with Crippen LogP contribution in [0.4, 0.5) is 0 Å². The SMILES string of the molecule is C=C(C#CCNS(=O)(=O)c1ccc(OC)cc1)CNS(=O)(=O)c1ccc(OC)cc1. The van der Waals surface area contributed by atoms with Gasteiger partial charge in [0, 0.05) is 12.1 Å². The van der Waals surface area contributed by atoms with Crippen LogP contribution in [0.2, 0.25) is 0 Å². The van der Waals surface area contributed by atoms with E-state index in [1.165, 1.54) is 62.8 Å². The molecule has 0 amide bonds. The van der Waals surface area contributed by atoms with Crippen LogP contribution in [0, 0.1) is 11.8 Å². The molecule has 30 heavy (non-hydrogen) atoms. The van der Waals surface area contributed by atoms with Gasteiger partial charge >= 0.3 is 0 Å². The summed E-state index contributed by atoms with van der Waals surface area (Å²) in [6.45, 7) is 3.42. The molecule has 2 aromatic rings. The fraction of sp³-hybridized carbons (Fsp3) is 0.200. The first-order valence-electron chi connectivity index (χ1n) is 8.62. The molecule has 0 bridgehead atoms. The van der Waals surface area contributed by atoms with Gasteiger partial charge in [-0.15, -0.1) is 0 Å². The number of benzene rings is 2. The van der Waals surface area contributed by atoms with Crippen LogP contribution in [0.25, 0.3) is 0 Å². The molecule has 0 spiro atoms. The average molecular weight is 451 g/mol. The third-order valence-corrected chi connectivity index (χ3v) is 6.67. The van der Waals surface area contributed by atoms with E-state index in [1.54, 1.807) is 0 Å². The van der Waals surface area contributed by atoms with Crippen molar-refractivity contribution in [2.24, 2.45) is 0 Å². The fourth-order valence-electron chi connectivity index (χ4n) is 2.20. The summed E-state index contributed by atoms with van der Waals surface area (Å²) in [6.07, 6.45) is 0. The summed E-state index contributed by atoms with van der Waals surface area (Å²) in [5.74, 6) is 6.32. The fourth-order valence-corrected chi connectivity index (χ4v) is 4.15. The van der Waals surface area contributed by atoms with Gasteiger partial charge in [-0.1, -0.05) is 18.4 Å². The van der Waals surface area contributed by atoms with Crippen LogP contribution < -0.4 is 18.9 Å². The van der Waals surface area contributed by atoms with E-state index in [2.05, 4.69) is 27.9 Å². The van der Waals surface area contributed by atoms with E-state index >= 15 is 0 Å². The van der Waals surface area contributed by atoms with Gasteiger partial charge in [-0.2, -0.15) is 4.72 Å². The molecule has 0 heterocycles. The topological polar surface area (TPSA) is 111 Å². The Balaban J connectivity index is 1.88. The zero-order valence-corrected chi connectivity index (χ0v) is 18.1. The van der Waals surface area contributed by atoms with Crippen molar-refractivity contribution in [3.63, 3.8) is 0 Å². The molecule has 0 saturated heterocycles. The van der Waals surface area contributed by atoms with Crippen LogP contribution >= 0.6 is 0 Å². The van der Waals surface area contributed by atoms with Crippen molar-refractivity contribution in [2.45, 2.75) is 9.79 Å². The van der Waals surface area contributed by atoms with Crippen molar-refractivity contribution in [1.29, 1.82) is 0 Å². The number of hydrogen-bond donors (Lipinski definition) is 2. The van der Waals surface area contributed by atoms with Gasteiger partial charge in [0.2, 0.25) is 20.0 Å². The van der Waals surface area contributed by atoms with Gasteiger partial charge in [0.25, 0.3) is 0 Å². The van der Waals surface area contributed by atoms with Crippen molar-refractivity contribution >= 4 is 20.0 Å². The van der Waals surface area contributed by atoms with E-state index in [1.807, 2.05) is 0 Å². The lowest BCUT2D eigenvalue weighted by molar-refractivity contribution is 0.414. The second kappa shape index (κ2) is 10.3. The number of hydrogen-bond acceptors (Lipinski definition) is 6. The summed E-state index contributed by atoms with van der Waals surface area (Å²) in [4.78, 5) is 0.160. The van der Waals surface area contributed by atoms with Gasteiger partial charge in [0.05, 0.1) is 30.6 Å². The number of methoxy groups -OCH3 is 2. The van der Waals surface area contributed by atoms with E-state index in [0.29, 0.717) is 11.5 Å². The van der Waals surface area contributed by atoms with Crippen molar-refractivity contribution in [3.05, 3.63) is 60.7 Å². The van der Waals surface area contributed by atoms with Crippen molar-refractivity contribution in [3.8, 4) is 23.3 Å². The van der Waals surface area contributed by atoms with Crippen LogP contribution in [0.15, 0.2) is 70.5 Å². The minimum absolute atomic E-state index is 0.0798. The maximum Gasteiger partial charge on any atom is 0.241 e. The maximum absolute atomic E-state index is 12.3. The van der Waals surface area contributed by atoms with Crippen molar-refractivity contribution in [2.75, 3.05) is 27.3 Å². The van der Waals surface area contributed by atoms with Gasteiger partial charge in [0.1, 0.15) is 11.5 Å². The summed E-state index contributed by atoms with van der Waals surface area (Å²) in [7, 11) is -4.48. The first kappa shape index (κ1) is 23.4. The summed E-state index contributed by atoms with van der Waals surface area (Å²) < 4.78 is 63.6. The second-order valence-corrected chi connectivity index (χ2v) is 9.44. The highest BCUT2D eigenvalue weighted by atomic mass is 32.2. The minimum Gasteiger partial charge on any atom is -0.497 e. The molecule has 2 rings (SSSR count). The summed E-state index contributed by atoms with van der Waals surface area (Å²) >= 11 is 0. The highest BCUT2D eigenvalue weighted by Gasteiger charge is 2.14. The molecule has 0 aliphatic carbocycles. The van der Waals surface area contributed by atoms with Crippen LogP contribution in [-0.4, -0.2) is 44.1 Å². The second-order valence-electron chi connectivity index (χ2n) is 5.91. The maximum atomic E-state index is 12.3. The predicted molar refractivity (Wildman–Crippen MR) is 113 cm³/mol. The van der Waals surface area contributed by atoms with Crippen molar-refractivity contribution in [1.82, 2.24) is 9.44 Å². The molecule has 0 unspecified atom stereocenters. The highest BCUT2D eigenvalue weighted by molar-refractivity contribution is 7.89. The summed E-state index contributed by atoms with van der Waals surface area (Å²) in [6, 6.07) is 11.8. The Morgan fingerprint density at radius 1 is 0.833 bits per heavy atom. The van der Waals surface area contributed by atoms with Gasteiger partial charge < -0.3 is 9.47 Å². The Labute approximate surface area is 177 Å². The Morgan fingerprint density at radius 3 is 1.70 bits per heavy atom. The van der Waals surface area contributed by atoms with Crippen LogP contribution in [0.5, 0.6) is 11.5 Å². The average Bonchev–Trinajstić information content (AvgIpc) is 2.75. The standard InChI is InChI=1S/C20H22N2O6S2/c1-16(15-22-30(25,26)20-12-8-18(28-3)9-13-20)5-4-14-21-29(23,24)19-10-6-17(27-2)7-11-19/h6-13,21-22H,1,14-15H2,2-3H3. The lowest BCUT2D eigenvalue weighted by Gasteiger charge is -2.07.